The lowest BCUT2D eigenvalue weighted by molar-refractivity contribution is -0.135. The number of hydrogen-bond acceptors (Lipinski definition) is 8. The van der Waals surface area contributed by atoms with Gasteiger partial charge in [-0.3, -0.25) is 14.5 Å². The molecule has 2 rings (SSSR count). The number of primary amides is 1. The highest BCUT2D eigenvalue weighted by Crippen LogP contribution is 2.42. The summed E-state index contributed by atoms with van der Waals surface area (Å²) in [5.74, 6) is 0.266. The van der Waals surface area contributed by atoms with Crippen molar-refractivity contribution in [2.24, 2.45) is 29.4 Å². The van der Waals surface area contributed by atoms with Crippen LogP contribution < -0.4 is 20.5 Å². The van der Waals surface area contributed by atoms with Gasteiger partial charge in [0.1, 0.15) is 16.9 Å². The Balaban J connectivity index is 2.49. The van der Waals surface area contributed by atoms with E-state index in [9.17, 15) is 14.4 Å². The van der Waals surface area contributed by atoms with E-state index in [1.54, 1.807) is 33.0 Å². The third-order valence-electron chi connectivity index (χ3n) is 9.01. The molecule has 1 aliphatic rings. The predicted molar refractivity (Wildman–Crippen MR) is 187 cm³/mol. The number of nitrogens with zero attached hydrogens (tertiary/aromatic N) is 1. The summed E-state index contributed by atoms with van der Waals surface area (Å²) in [7, 11) is 3.29. The average molecular weight is 678 g/mol. The monoisotopic (exact) mass is 677 g/mol. The fourth-order valence-corrected chi connectivity index (χ4v) is 6.15. The van der Waals surface area contributed by atoms with E-state index in [1.807, 2.05) is 66.7 Å². The van der Waals surface area contributed by atoms with Gasteiger partial charge in [0, 0.05) is 26.1 Å². The fraction of sp³-hybridized carbons (Fsp3) is 0.757. The summed E-state index contributed by atoms with van der Waals surface area (Å²) in [6.07, 6.45) is 1.51. The molecule has 3 N–H and O–H groups in total. The van der Waals surface area contributed by atoms with Crippen molar-refractivity contribution in [1.29, 1.82) is 0 Å². The molecule has 48 heavy (non-hydrogen) atoms. The van der Waals surface area contributed by atoms with E-state index in [0.717, 1.165) is 18.4 Å². The molecule has 0 saturated carbocycles. The fourth-order valence-electron chi connectivity index (χ4n) is 6.15. The molecule has 1 heterocycles. The van der Waals surface area contributed by atoms with Crippen LogP contribution in [0.5, 0.6) is 11.5 Å². The Kier molecular flexibility index (Phi) is 14.6. The molecule has 274 valence electrons. The molecule has 11 heteroatoms. The maximum atomic E-state index is 13.9. The van der Waals surface area contributed by atoms with Crippen molar-refractivity contribution in [3.63, 3.8) is 0 Å². The van der Waals surface area contributed by atoms with Crippen LogP contribution in [0, 0.1) is 23.7 Å². The van der Waals surface area contributed by atoms with Crippen molar-refractivity contribution in [1.82, 2.24) is 10.2 Å². The number of carbonyl (C=O) groups is 3. The minimum atomic E-state index is -1.21. The largest absolute Gasteiger partial charge is 0.493 e. The van der Waals surface area contributed by atoms with E-state index in [-0.39, 0.29) is 29.7 Å². The maximum Gasteiger partial charge on any atom is 0.412 e. The minimum Gasteiger partial charge on any atom is -0.493 e. The van der Waals surface area contributed by atoms with Gasteiger partial charge in [0.05, 0.1) is 25.9 Å². The normalized spacial score (nSPS) is 19.3. The molecular formula is C37H63N3O8. The number of methoxy groups -OCH3 is 2. The maximum absolute atomic E-state index is 13.9. The average Bonchev–Trinajstić information content (AvgIpc) is 3.20. The van der Waals surface area contributed by atoms with E-state index < -0.39 is 40.9 Å². The summed E-state index contributed by atoms with van der Waals surface area (Å²) in [6, 6.07) is 5.62. The van der Waals surface area contributed by atoms with Crippen molar-refractivity contribution in [2.75, 3.05) is 27.4 Å². The highest BCUT2D eigenvalue weighted by Gasteiger charge is 2.52. The summed E-state index contributed by atoms with van der Waals surface area (Å²) in [6.45, 7) is 21.9. The molecule has 1 aromatic carbocycles. The van der Waals surface area contributed by atoms with Gasteiger partial charge in [-0.1, -0.05) is 33.8 Å². The van der Waals surface area contributed by atoms with Crippen LogP contribution in [-0.4, -0.2) is 79.3 Å². The number of ether oxygens (including phenoxy) is 5. The summed E-state index contributed by atoms with van der Waals surface area (Å²) in [5, 5.41) is 2.84. The molecular weight excluding hydrogens is 614 g/mol. The molecule has 4 atom stereocenters. The molecule has 11 nitrogen and oxygen atoms in total. The SMILES string of the molecule is COCCCOc1cc(C[C@@H](CC2C(C[C@H](C(=O)NC(C)(C)C(N)=O)C(C)C)OC(C)(C)N2C(=O)OC(C)(C)C)C(C)C)ccc1OC. The lowest BCUT2D eigenvalue weighted by Crippen LogP contribution is -2.55. The number of nitrogens with two attached hydrogens (primary N) is 1. The zero-order valence-corrected chi connectivity index (χ0v) is 31.7. The molecule has 1 saturated heterocycles. The summed E-state index contributed by atoms with van der Waals surface area (Å²) < 4.78 is 29.4. The Morgan fingerprint density at radius 3 is 2.15 bits per heavy atom. The summed E-state index contributed by atoms with van der Waals surface area (Å²) in [4.78, 5) is 41.3. The molecule has 0 bridgehead atoms. The zero-order valence-electron chi connectivity index (χ0n) is 31.7. The van der Waals surface area contributed by atoms with Gasteiger partial charge >= 0.3 is 6.09 Å². The first-order valence-electron chi connectivity index (χ1n) is 17.2. The smallest absolute Gasteiger partial charge is 0.412 e. The molecule has 0 aromatic heterocycles. The molecule has 1 aromatic rings. The van der Waals surface area contributed by atoms with Gasteiger partial charge in [0.25, 0.3) is 0 Å². The van der Waals surface area contributed by atoms with E-state index >= 15 is 0 Å². The minimum absolute atomic E-state index is 0.0703. The number of benzene rings is 1. The number of carbonyl (C=O) groups excluding carboxylic acids is 3. The lowest BCUT2D eigenvalue weighted by atomic mass is 9.80. The highest BCUT2D eigenvalue weighted by molar-refractivity contribution is 5.90. The van der Waals surface area contributed by atoms with Crippen LogP contribution in [0.3, 0.4) is 0 Å². The van der Waals surface area contributed by atoms with Gasteiger partial charge in [-0.2, -0.15) is 0 Å². The molecule has 0 radical (unpaired) electrons. The number of amides is 3. The number of nitrogens with one attached hydrogen (secondary N) is 1. The molecule has 2 unspecified atom stereocenters. The lowest BCUT2D eigenvalue weighted by Gasteiger charge is -2.37. The van der Waals surface area contributed by atoms with Crippen LogP contribution in [0.4, 0.5) is 4.79 Å². The second-order valence-electron chi connectivity index (χ2n) is 15.7. The van der Waals surface area contributed by atoms with E-state index in [4.69, 9.17) is 29.4 Å². The van der Waals surface area contributed by atoms with Crippen LogP contribution in [0.1, 0.15) is 101 Å². The Morgan fingerprint density at radius 2 is 1.62 bits per heavy atom. The van der Waals surface area contributed by atoms with Crippen molar-refractivity contribution in [2.45, 2.75) is 131 Å². The first-order chi connectivity index (χ1) is 22.1. The van der Waals surface area contributed by atoms with Crippen LogP contribution in [0.25, 0.3) is 0 Å². The molecule has 0 spiro atoms. The molecule has 3 amide bonds. The number of rotatable bonds is 17. The van der Waals surface area contributed by atoms with Gasteiger partial charge in [0.2, 0.25) is 11.8 Å². The zero-order chi connectivity index (χ0) is 36.6. The molecule has 1 fully saturated rings. The van der Waals surface area contributed by atoms with Crippen LogP contribution >= 0.6 is 0 Å². The van der Waals surface area contributed by atoms with Gasteiger partial charge in [-0.05, 0) is 103 Å². The van der Waals surface area contributed by atoms with E-state index in [1.165, 1.54) is 0 Å². The topological polar surface area (TPSA) is 139 Å². The van der Waals surface area contributed by atoms with E-state index in [2.05, 4.69) is 19.2 Å². The van der Waals surface area contributed by atoms with Gasteiger partial charge in [0.15, 0.2) is 11.5 Å². The molecule has 0 aliphatic carbocycles. The predicted octanol–water partition coefficient (Wildman–Crippen LogP) is 6.10. The first-order valence-corrected chi connectivity index (χ1v) is 17.2. The Labute approximate surface area is 288 Å². The Morgan fingerprint density at radius 1 is 0.979 bits per heavy atom. The summed E-state index contributed by atoms with van der Waals surface area (Å²) in [5.41, 5.74) is 3.74. The third-order valence-corrected chi connectivity index (χ3v) is 9.01. The van der Waals surface area contributed by atoms with Crippen LogP contribution in [0.2, 0.25) is 0 Å². The highest BCUT2D eigenvalue weighted by atomic mass is 16.6. The quantitative estimate of drug-likeness (QED) is 0.189. The standard InChI is InChI=1S/C37H63N3O8/c1-23(2)26(19-25-15-16-29(45-13)31(20-25)46-18-14-17-44-12)21-28-30(47-37(10,11)40(28)34(43)48-35(5,6)7)22-27(24(3)4)32(41)39-36(8,9)33(38)42/h15-16,20,23-24,26-28,30H,14,17-19,21-22H2,1-13H3,(H2,38,42)(H,39,41)/t26-,27-,28?,30?/m0/s1. The Bertz CT molecular complexity index is 1220. The van der Waals surface area contributed by atoms with Crippen molar-refractivity contribution in [3.8, 4) is 11.5 Å². The Hall–Kier alpha value is -3.05. The molecule has 1 aliphatic heterocycles. The van der Waals surface area contributed by atoms with Gasteiger partial charge in [-0.15, -0.1) is 0 Å². The third kappa shape index (κ3) is 11.5. The van der Waals surface area contributed by atoms with Crippen molar-refractivity contribution < 1.29 is 38.1 Å². The van der Waals surface area contributed by atoms with Crippen molar-refractivity contribution in [3.05, 3.63) is 23.8 Å². The van der Waals surface area contributed by atoms with E-state index in [0.29, 0.717) is 37.6 Å². The number of hydrogen-bond donors (Lipinski definition) is 2. The van der Waals surface area contributed by atoms with Crippen molar-refractivity contribution >= 4 is 17.9 Å². The van der Waals surface area contributed by atoms with Crippen LogP contribution in [-0.2, 0) is 30.2 Å². The second kappa shape index (κ2) is 17.1. The first kappa shape index (κ1) is 41.1. The second-order valence-corrected chi connectivity index (χ2v) is 15.7. The van der Waals surface area contributed by atoms with Gasteiger partial charge in [-0.25, -0.2) is 4.79 Å². The van der Waals surface area contributed by atoms with Gasteiger partial charge < -0.3 is 34.7 Å². The summed E-state index contributed by atoms with van der Waals surface area (Å²) >= 11 is 0. The van der Waals surface area contributed by atoms with Crippen LogP contribution in [0.15, 0.2) is 18.2 Å².